The van der Waals surface area contributed by atoms with Crippen molar-refractivity contribution in [3.05, 3.63) is 29.8 Å². The molecule has 0 aliphatic carbocycles. The first-order valence-corrected chi connectivity index (χ1v) is 9.05. The molecule has 2 atom stereocenters. The molecule has 0 saturated carbocycles. The molecule has 1 aliphatic rings. The van der Waals surface area contributed by atoms with Gasteiger partial charge in [0.2, 0.25) is 0 Å². The summed E-state index contributed by atoms with van der Waals surface area (Å²) in [5.41, 5.74) is 0.905. The van der Waals surface area contributed by atoms with Gasteiger partial charge in [-0.3, -0.25) is 0 Å². The summed E-state index contributed by atoms with van der Waals surface area (Å²) in [6.07, 6.45) is 1.07. The molecule has 1 fully saturated rings. The van der Waals surface area contributed by atoms with Crippen LogP contribution in [0.1, 0.15) is 38.8 Å². The maximum atomic E-state index is 12.9. The van der Waals surface area contributed by atoms with Gasteiger partial charge in [0.05, 0.1) is 13.2 Å². The van der Waals surface area contributed by atoms with Crippen molar-refractivity contribution in [1.29, 1.82) is 0 Å². The highest BCUT2D eigenvalue weighted by molar-refractivity contribution is 5.75. The number of urea groups is 1. The number of rotatable bonds is 5. The van der Waals surface area contributed by atoms with Crippen LogP contribution in [0.15, 0.2) is 24.3 Å². The lowest BCUT2D eigenvalue weighted by molar-refractivity contribution is 0.185. The first-order chi connectivity index (χ1) is 11.7. The molecule has 0 bridgehead atoms. The summed E-state index contributed by atoms with van der Waals surface area (Å²) in [4.78, 5) is 17.0. The monoisotopic (exact) mass is 347 g/mol. The Morgan fingerprint density at radius 2 is 2.04 bits per heavy atom. The molecule has 2 rings (SSSR count). The zero-order chi connectivity index (χ0) is 18.6. The number of nitrogens with zero attached hydrogens (tertiary/aromatic N) is 2. The summed E-state index contributed by atoms with van der Waals surface area (Å²) in [5, 5.41) is 3.26. The molecule has 0 spiro atoms. The van der Waals surface area contributed by atoms with Crippen molar-refractivity contribution in [3.8, 4) is 5.75 Å². The summed E-state index contributed by atoms with van der Waals surface area (Å²) in [6.45, 7) is 9.11. The van der Waals surface area contributed by atoms with Crippen LogP contribution in [0.2, 0.25) is 0 Å². The molecular formula is C20H33N3O2. The van der Waals surface area contributed by atoms with Crippen LogP contribution in [-0.4, -0.2) is 56.7 Å². The number of benzene rings is 1. The average molecular weight is 348 g/mol. The lowest BCUT2D eigenvalue weighted by atomic mass is 9.82. The molecule has 5 nitrogen and oxygen atoms in total. The summed E-state index contributed by atoms with van der Waals surface area (Å²) < 4.78 is 5.52. The van der Waals surface area contributed by atoms with Crippen LogP contribution in [0.4, 0.5) is 4.79 Å². The Hall–Kier alpha value is -1.75. The van der Waals surface area contributed by atoms with Crippen LogP contribution < -0.4 is 10.1 Å². The molecule has 5 heteroatoms. The van der Waals surface area contributed by atoms with Crippen LogP contribution in [0.5, 0.6) is 5.75 Å². The minimum absolute atomic E-state index is 0.0205. The summed E-state index contributed by atoms with van der Waals surface area (Å²) in [5.74, 6) is 1.37. The van der Waals surface area contributed by atoms with E-state index < -0.39 is 0 Å². The van der Waals surface area contributed by atoms with E-state index in [2.05, 4.69) is 45.1 Å². The van der Waals surface area contributed by atoms with Gasteiger partial charge in [-0.25, -0.2) is 4.79 Å². The number of hydrogen-bond acceptors (Lipinski definition) is 3. The highest BCUT2D eigenvalue weighted by Gasteiger charge is 2.33. The number of ether oxygens (including phenoxy) is 1. The SMILES string of the molecule is COc1ccccc1C(NC(=O)N1CCC(CN(C)C)C1)C(C)(C)C. The minimum Gasteiger partial charge on any atom is -0.496 e. The van der Waals surface area contributed by atoms with Gasteiger partial charge in [-0.15, -0.1) is 0 Å². The van der Waals surface area contributed by atoms with Crippen LogP contribution in [0.3, 0.4) is 0 Å². The lowest BCUT2D eigenvalue weighted by Crippen LogP contribution is -2.44. The molecule has 1 saturated heterocycles. The molecule has 1 aromatic carbocycles. The Kier molecular flexibility index (Phi) is 6.33. The highest BCUT2D eigenvalue weighted by Crippen LogP contribution is 2.37. The van der Waals surface area contributed by atoms with E-state index in [0.29, 0.717) is 5.92 Å². The Labute approximate surface area is 152 Å². The molecule has 2 unspecified atom stereocenters. The topological polar surface area (TPSA) is 44.8 Å². The highest BCUT2D eigenvalue weighted by atomic mass is 16.5. The van der Waals surface area contributed by atoms with Crippen molar-refractivity contribution in [3.63, 3.8) is 0 Å². The number of hydrogen-bond donors (Lipinski definition) is 1. The first kappa shape index (κ1) is 19.6. The zero-order valence-electron chi connectivity index (χ0n) is 16.5. The minimum atomic E-state index is -0.118. The van der Waals surface area contributed by atoms with Gasteiger partial charge in [-0.05, 0) is 37.9 Å². The van der Waals surface area contributed by atoms with E-state index >= 15 is 0 Å². The van der Waals surface area contributed by atoms with Crippen LogP contribution in [-0.2, 0) is 0 Å². The summed E-state index contributed by atoms with van der Waals surface area (Å²) in [7, 11) is 5.84. The predicted octanol–water partition coefficient (Wildman–Crippen LogP) is 3.38. The summed E-state index contributed by atoms with van der Waals surface area (Å²) in [6, 6.07) is 7.84. The van der Waals surface area contributed by atoms with E-state index in [-0.39, 0.29) is 17.5 Å². The molecule has 0 radical (unpaired) electrons. The largest absolute Gasteiger partial charge is 0.496 e. The molecule has 25 heavy (non-hydrogen) atoms. The smallest absolute Gasteiger partial charge is 0.317 e. The number of nitrogens with one attached hydrogen (secondary N) is 1. The first-order valence-electron chi connectivity index (χ1n) is 9.05. The van der Waals surface area contributed by atoms with Gasteiger partial charge in [0.1, 0.15) is 5.75 Å². The average Bonchev–Trinajstić information content (AvgIpc) is 2.99. The Morgan fingerprint density at radius 1 is 1.36 bits per heavy atom. The van der Waals surface area contributed by atoms with Crippen LogP contribution >= 0.6 is 0 Å². The number of methoxy groups -OCH3 is 1. The van der Waals surface area contributed by atoms with Crippen molar-refractivity contribution in [2.45, 2.75) is 33.2 Å². The van der Waals surface area contributed by atoms with Crippen LogP contribution in [0, 0.1) is 11.3 Å². The maximum absolute atomic E-state index is 12.9. The second kappa shape index (κ2) is 8.09. The van der Waals surface area contributed by atoms with E-state index in [1.807, 2.05) is 29.2 Å². The molecular weight excluding hydrogens is 314 g/mol. The number of para-hydroxylation sites is 1. The fraction of sp³-hybridized carbons (Fsp3) is 0.650. The van der Waals surface area contributed by atoms with E-state index in [4.69, 9.17) is 4.74 Å². The lowest BCUT2D eigenvalue weighted by Gasteiger charge is -2.34. The van der Waals surface area contributed by atoms with E-state index in [1.165, 1.54) is 0 Å². The number of carbonyl (C=O) groups is 1. The normalized spacial score (nSPS) is 19.2. The van der Waals surface area contributed by atoms with Crippen molar-refractivity contribution in [2.24, 2.45) is 11.3 Å². The van der Waals surface area contributed by atoms with Crippen LogP contribution in [0.25, 0.3) is 0 Å². The number of likely N-dealkylation sites (tertiary alicyclic amines) is 1. The van der Waals surface area contributed by atoms with E-state index in [1.54, 1.807) is 7.11 Å². The van der Waals surface area contributed by atoms with Crippen molar-refractivity contribution >= 4 is 6.03 Å². The number of amides is 2. The summed E-state index contributed by atoms with van der Waals surface area (Å²) >= 11 is 0. The van der Waals surface area contributed by atoms with Gasteiger partial charge in [-0.1, -0.05) is 39.0 Å². The van der Waals surface area contributed by atoms with Crippen molar-refractivity contribution in [2.75, 3.05) is 40.8 Å². The molecule has 0 aromatic heterocycles. The fourth-order valence-corrected chi connectivity index (χ4v) is 3.56. The quantitative estimate of drug-likeness (QED) is 0.888. The third kappa shape index (κ3) is 5.11. The predicted molar refractivity (Wildman–Crippen MR) is 102 cm³/mol. The number of carbonyl (C=O) groups excluding carboxylic acids is 1. The van der Waals surface area contributed by atoms with Crippen molar-refractivity contribution in [1.82, 2.24) is 15.1 Å². The Balaban J connectivity index is 2.12. The third-order valence-corrected chi connectivity index (χ3v) is 4.78. The van der Waals surface area contributed by atoms with E-state index in [9.17, 15) is 4.79 Å². The molecule has 1 N–H and O–H groups in total. The van der Waals surface area contributed by atoms with Gasteiger partial charge >= 0.3 is 6.03 Å². The van der Waals surface area contributed by atoms with Gasteiger partial charge < -0.3 is 19.9 Å². The molecule has 1 heterocycles. The van der Waals surface area contributed by atoms with Gasteiger partial charge in [0.25, 0.3) is 0 Å². The second-order valence-corrected chi connectivity index (χ2v) is 8.35. The molecule has 1 aliphatic heterocycles. The zero-order valence-corrected chi connectivity index (χ0v) is 16.5. The van der Waals surface area contributed by atoms with Crippen molar-refractivity contribution < 1.29 is 9.53 Å². The fourth-order valence-electron chi connectivity index (χ4n) is 3.56. The second-order valence-electron chi connectivity index (χ2n) is 8.35. The van der Waals surface area contributed by atoms with Gasteiger partial charge in [0.15, 0.2) is 0 Å². The van der Waals surface area contributed by atoms with Gasteiger partial charge in [-0.2, -0.15) is 0 Å². The van der Waals surface area contributed by atoms with E-state index in [0.717, 1.165) is 37.4 Å². The standard InChI is InChI=1S/C20H33N3O2/c1-20(2,3)18(16-9-7-8-10-17(16)25-6)21-19(24)23-12-11-15(14-23)13-22(4)5/h7-10,15,18H,11-14H2,1-6H3,(H,21,24). The Bertz CT molecular complexity index is 581. The van der Waals surface area contributed by atoms with Gasteiger partial charge in [0, 0.05) is 25.2 Å². The molecule has 140 valence electrons. The molecule has 1 aromatic rings. The molecule has 2 amide bonds. The third-order valence-electron chi connectivity index (χ3n) is 4.78. The Morgan fingerprint density at radius 3 is 2.64 bits per heavy atom. The maximum Gasteiger partial charge on any atom is 0.317 e.